The number of hydrogen-bond acceptors (Lipinski definition) is 2. The van der Waals surface area contributed by atoms with Crippen molar-refractivity contribution in [3.05, 3.63) is 0 Å². The first-order valence-electron chi connectivity index (χ1n) is 5.43. The summed E-state index contributed by atoms with van der Waals surface area (Å²) in [7, 11) is 0. The van der Waals surface area contributed by atoms with Crippen LogP contribution >= 0.6 is 0 Å². The summed E-state index contributed by atoms with van der Waals surface area (Å²) < 4.78 is 0. The van der Waals surface area contributed by atoms with Crippen LogP contribution in [0.4, 0.5) is 0 Å². The van der Waals surface area contributed by atoms with E-state index in [1.165, 1.54) is 26.1 Å². The fourth-order valence-electron chi connectivity index (χ4n) is 1.71. The van der Waals surface area contributed by atoms with Crippen molar-refractivity contribution in [1.82, 2.24) is 10.2 Å². The second kappa shape index (κ2) is 4.43. The smallest absolute Gasteiger partial charge is 0.0167 e. The lowest BCUT2D eigenvalue weighted by molar-refractivity contribution is 0.181. The average Bonchev–Trinajstić information content (AvgIpc) is 2.00. The molecule has 1 N–H and O–H groups in total. The minimum atomic E-state index is 0.480. The van der Waals surface area contributed by atoms with Crippen LogP contribution in [0.1, 0.15) is 34.1 Å². The van der Waals surface area contributed by atoms with Crippen molar-refractivity contribution in [3.63, 3.8) is 0 Å². The second-order valence-corrected chi connectivity index (χ2v) is 5.47. The normalized spacial score (nSPS) is 26.3. The Morgan fingerprint density at radius 1 is 1.38 bits per heavy atom. The molecular formula is C11H24N2. The Labute approximate surface area is 82.7 Å². The molecular weight excluding hydrogens is 160 g/mol. The molecule has 1 atom stereocenters. The zero-order chi connectivity index (χ0) is 9.90. The van der Waals surface area contributed by atoms with Crippen molar-refractivity contribution in [2.45, 2.75) is 40.2 Å². The Morgan fingerprint density at radius 3 is 2.62 bits per heavy atom. The Morgan fingerprint density at radius 2 is 2.08 bits per heavy atom. The lowest BCUT2D eigenvalue weighted by Crippen LogP contribution is -2.49. The van der Waals surface area contributed by atoms with E-state index in [-0.39, 0.29) is 0 Å². The molecule has 2 nitrogen and oxygen atoms in total. The zero-order valence-corrected chi connectivity index (χ0v) is 9.56. The monoisotopic (exact) mass is 184 g/mol. The summed E-state index contributed by atoms with van der Waals surface area (Å²) >= 11 is 0. The summed E-state index contributed by atoms with van der Waals surface area (Å²) in [6.07, 6.45) is 1.31. The van der Waals surface area contributed by atoms with Gasteiger partial charge in [-0.1, -0.05) is 20.8 Å². The fraction of sp³-hybridized carbons (Fsp3) is 1.00. The van der Waals surface area contributed by atoms with E-state index in [2.05, 4.69) is 37.9 Å². The molecule has 13 heavy (non-hydrogen) atoms. The van der Waals surface area contributed by atoms with E-state index in [1.54, 1.807) is 0 Å². The van der Waals surface area contributed by atoms with Gasteiger partial charge in [0.2, 0.25) is 0 Å². The van der Waals surface area contributed by atoms with E-state index in [0.29, 0.717) is 11.5 Å². The molecule has 1 saturated heterocycles. The van der Waals surface area contributed by atoms with E-state index in [4.69, 9.17) is 0 Å². The van der Waals surface area contributed by atoms with Gasteiger partial charge in [-0.05, 0) is 25.3 Å². The van der Waals surface area contributed by atoms with Crippen molar-refractivity contribution in [2.75, 3.05) is 26.2 Å². The molecule has 0 spiro atoms. The minimum absolute atomic E-state index is 0.480. The highest BCUT2D eigenvalue weighted by molar-refractivity contribution is 4.76. The lowest BCUT2D eigenvalue weighted by atomic mass is 9.92. The molecule has 0 amide bonds. The molecule has 0 bridgehead atoms. The second-order valence-electron chi connectivity index (χ2n) is 5.47. The molecule has 1 aliphatic heterocycles. The van der Waals surface area contributed by atoms with Crippen LogP contribution in [0.25, 0.3) is 0 Å². The topological polar surface area (TPSA) is 15.3 Å². The summed E-state index contributed by atoms with van der Waals surface area (Å²) in [5.41, 5.74) is 0.480. The molecule has 1 aliphatic rings. The average molecular weight is 184 g/mol. The number of nitrogens with zero attached hydrogens (tertiary/aromatic N) is 1. The highest BCUT2D eigenvalue weighted by atomic mass is 15.2. The summed E-state index contributed by atoms with van der Waals surface area (Å²) in [6.45, 7) is 14.1. The van der Waals surface area contributed by atoms with Crippen LogP contribution in [0.5, 0.6) is 0 Å². The van der Waals surface area contributed by atoms with Crippen LogP contribution in [-0.2, 0) is 0 Å². The quantitative estimate of drug-likeness (QED) is 0.703. The maximum atomic E-state index is 3.47. The van der Waals surface area contributed by atoms with Crippen molar-refractivity contribution < 1.29 is 0 Å². The molecule has 0 aliphatic carbocycles. The fourth-order valence-corrected chi connectivity index (χ4v) is 1.71. The summed E-state index contributed by atoms with van der Waals surface area (Å²) in [4.78, 5) is 2.58. The highest BCUT2D eigenvalue weighted by Crippen LogP contribution is 2.19. The van der Waals surface area contributed by atoms with Gasteiger partial charge in [-0.3, -0.25) is 0 Å². The summed E-state index contributed by atoms with van der Waals surface area (Å²) in [5.74, 6) is 0. The zero-order valence-electron chi connectivity index (χ0n) is 9.56. The van der Waals surface area contributed by atoms with E-state index < -0.39 is 0 Å². The van der Waals surface area contributed by atoms with Crippen molar-refractivity contribution in [3.8, 4) is 0 Å². The third-order valence-electron chi connectivity index (χ3n) is 2.63. The minimum Gasteiger partial charge on any atom is -0.312 e. The van der Waals surface area contributed by atoms with Gasteiger partial charge >= 0.3 is 0 Å². The predicted molar refractivity (Wildman–Crippen MR) is 58.0 cm³/mol. The molecule has 0 unspecified atom stereocenters. The Bertz CT molecular complexity index is 149. The molecule has 0 aromatic heterocycles. The molecule has 1 rings (SSSR count). The lowest BCUT2D eigenvalue weighted by Gasteiger charge is -2.33. The Hall–Kier alpha value is -0.0800. The molecule has 0 radical (unpaired) electrons. The van der Waals surface area contributed by atoms with E-state index in [9.17, 15) is 0 Å². The summed E-state index contributed by atoms with van der Waals surface area (Å²) in [6, 6.07) is 0.675. The number of nitrogens with one attached hydrogen (secondary N) is 1. The molecule has 0 aromatic carbocycles. The largest absolute Gasteiger partial charge is 0.312 e. The number of piperazine rings is 1. The Balaban J connectivity index is 2.21. The highest BCUT2D eigenvalue weighted by Gasteiger charge is 2.17. The van der Waals surface area contributed by atoms with Gasteiger partial charge in [-0.15, -0.1) is 0 Å². The third-order valence-corrected chi connectivity index (χ3v) is 2.63. The van der Waals surface area contributed by atoms with Crippen LogP contribution in [0.2, 0.25) is 0 Å². The van der Waals surface area contributed by atoms with Gasteiger partial charge in [0.15, 0.2) is 0 Å². The molecule has 2 heteroatoms. The summed E-state index contributed by atoms with van der Waals surface area (Å²) in [5, 5.41) is 3.47. The van der Waals surface area contributed by atoms with Crippen LogP contribution in [0.3, 0.4) is 0 Å². The van der Waals surface area contributed by atoms with E-state index >= 15 is 0 Å². The molecule has 1 fully saturated rings. The molecule has 78 valence electrons. The molecule has 0 saturated carbocycles. The van der Waals surface area contributed by atoms with Gasteiger partial charge in [0, 0.05) is 25.7 Å². The predicted octanol–water partition coefficient (Wildman–Crippen LogP) is 1.72. The van der Waals surface area contributed by atoms with Crippen LogP contribution in [-0.4, -0.2) is 37.1 Å². The van der Waals surface area contributed by atoms with Crippen molar-refractivity contribution in [2.24, 2.45) is 5.41 Å². The first-order chi connectivity index (χ1) is 5.97. The molecule has 0 aromatic rings. The standard InChI is InChI=1S/C11H24N2/c1-10-9-13(8-6-12-10)7-5-11(2,3)4/h10,12H,5-9H2,1-4H3/t10-/m0/s1. The van der Waals surface area contributed by atoms with E-state index in [0.717, 1.165) is 6.54 Å². The number of hydrogen-bond donors (Lipinski definition) is 1. The molecule has 1 heterocycles. The van der Waals surface area contributed by atoms with Gasteiger partial charge in [-0.2, -0.15) is 0 Å². The maximum Gasteiger partial charge on any atom is 0.0167 e. The van der Waals surface area contributed by atoms with Crippen molar-refractivity contribution in [1.29, 1.82) is 0 Å². The SMILES string of the molecule is C[C@H]1CN(CCC(C)(C)C)CCN1. The van der Waals surface area contributed by atoms with Gasteiger partial charge in [0.05, 0.1) is 0 Å². The van der Waals surface area contributed by atoms with Gasteiger partial charge < -0.3 is 10.2 Å². The van der Waals surface area contributed by atoms with Crippen LogP contribution in [0.15, 0.2) is 0 Å². The maximum absolute atomic E-state index is 3.47. The van der Waals surface area contributed by atoms with E-state index in [1.807, 2.05) is 0 Å². The Kier molecular flexibility index (Phi) is 3.74. The first kappa shape index (κ1) is 11.0. The van der Waals surface area contributed by atoms with Crippen molar-refractivity contribution >= 4 is 0 Å². The third kappa shape index (κ3) is 4.63. The van der Waals surface area contributed by atoms with Gasteiger partial charge in [-0.25, -0.2) is 0 Å². The van der Waals surface area contributed by atoms with Crippen LogP contribution < -0.4 is 5.32 Å². The van der Waals surface area contributed by atoms with Gasteiger partial charge in [0.1, 0.15) is 0 Å². The number of rotatable bonds is 2. The first-order valence-corrected chi connectivity index (χ1v) is 5.43. The van der Waals surface area contributed by atoms with Gasteiger partial charge in [0.25, 0.3) is 0 Å². The van der Waals surface area contributed by atoms with Crippen LogP contribution in [0, 0.1) is 5.41 Å².